The van der Waals surface area contributed by atoms with Gasteiger partial charge in [-0.15, -0.1) is 0 Å². The monoisotopic (exact) mass is 415 g/mol. The summed E-state index contributed by atoms with van der Waals surface area (Å²) in [6.07, 6.45) is 3.56. The molecule has 154 valence electrons. The number of hydrogen-bond donors (Lipinski definition) is 0. The molecule has 4 nitrogen and oxygen atoms in total. The van der Waals surface area contributed by atoms with Crippen LogP contribution in [-0.4, -0.2) is 15.0 Å². The lowest BCUT2D eigenvalue weighted by Gasteiger charge is -2.11. The highest BCUT2D eigenvalue weighted by atomic mass is 16.5. The van der Waals surface area contributed by atoms with E-state index in [1.165, 1.54) is 0 Å². The molecule has 0 radical (unpaired) electrons. The molecule has 2 aromatic carbocycles. The highest BCUT2D eigenvalue weighted by Gasteiger charge is 2.11. The van der Waals surface area contributed by atoms with E-state index in [-0.39, 0.29) is 0 Å². The average Bonchev–Trinajstić information content (AvgIpc) is 2.89. The molecule has 0 unspecified atom stereocenters. The van der Waals surface area contributed by atoms with Crippen LogP contribution >= 0.6 is 0 Å². The van der Waals surface area contributed by atoms with Crippen molar-refractivity contribution >= 4 is 0 Å². The van der Waals surface area contributed by atoms with Gasteiger partial charge in [-0.25, -0.2) is 4.98 Å². The van der Waals surface area contributed by atoms with Crippen molar-refractivity contribution in [3.63, 3.8) is 0 Å². The standard InChI is InChI=1S/C28H21N3O/c1-2-9-21(10-3-1)20-32-24-12-8-11-22(17-24)23-18-27(25-13-4-6-15-29-25)31-28(19-23)26-14-5-7-16-30-26/h1-19H,20H2. The van der Waals surface area contributed by atoms with Crippen molar-refractivity contribution in [3.8, 4) is 39.7 Å². The SMILES string of the molecule is c1ccc(COc2cccc(-c3cc(-c4ccccn4)nc(-c4ccccn4)c3)c2)cc1. The molecule has 0 saturated carbocycles. The maximum Gasteiger partial charge on any atom is 0.120 e. The second kappa shape index (κ2) is 9.23. The summed E-state index contributed by atoms with van der Waals surface area (Å²) in [6, 6.07) is 34.1. The van der Waals surface area contributed by atoms with Crippen molar-refractivity contribution in [3.05, 3.63) is 121 Å². The van der Waals surface area contributed by atoms with Crippen LogP contribution in [0.15, 0.2) is 116 Å². The maximum atomic E-state index is 6.04. The van der Waals surface area contributed by atoms with Crippen molar-refractivity contribution in [2.75, 3.05) is 0 Å². The predicted molar refractivity (Wildman–Crippen MR) is 127 cm³/mol. The molecule has 0 fully saturated rings. The Balaban J connectivity index is 1.52. The summed E-state index contributed by atoms with van der Waals surface area (Å²) >= 11 is 0. The molecule has 4 heteroatoms. The van der Waals surface area contributed by atoms with Gasteiger partial charge in [-0.1, -0.05) is 54.6 Å². The van der Waals surface area contributed by atoms with Gasteiger partial charge in [0.05, 0.1) is 22.8 Å². The summed E-state index contributed by atoms with van der Waals surface area (Å²) in [7, 11) is 0. The Kier molecular flexibility index (Phi) is 5.66. The minimum atomic E-state index is 0.527. The zero-order valence-electron chi connectivity index (χ0n) is 17.4. The third-order valence-corrected chi connectivity index (χ3v) is 5.10. The number of pyridine rings is 3. The molecular formula is C28H21N3O. The Bertz CT molecular complexity index is 1250. The number of rotatable bonds is 6. The summed E-state index contributed by atoms with van der Waals surface area (Å²) in [5.74, 6) is 0.821. The highest BCUT2D eigenvalue weighted by molar-refractivity contribution is 5.75. The Hall–Kier alpha value is -4.31. The zero-order chi connectivity index (χ0) is 21.6. The Morgan fingerprint density at radius 2 is 1.19 bits per heavy atom. The minimum Gasteiger partial charge on any atom is -0.489 e. The van der Waals surface area contributed by atoms with E-state index < -0.39 is 0 Å². The van der Waals surface area contributed by atoms with Gasteiger partial charge in [-0.3, -0.25) is 9.97 Å². The highest BCUT2D eigenvalue weighted by Crippen LogP contribution is 2.30. The first-order valence-electron chi connectivity index (χ1n) is 10.5. The molecule has 32 heavy (non-hydrogen) atoms. The van der Waals surface area contributed by atoms with Crippen molar-refractivity contribution in [1.82, 2.24) is 15.0 Å². The van der Waals surface area contributed by atoms with E-state index in [1.54, 1.807) is 12.4 Å². The largest absolute Gasteiger partial charge is 0.489 e. The Morgan fingerprint density at radius 3 is 1.81 bits per heavy atom. The van der Waals surface area contributed by atoms with Crippen LogP contribution in [0, 0.1) is 0 Å². The van der Waals surface area contributed by atoms with Gasteiger partial charge in [0.25, 0.3) is 0 Å². The molecule has 0 saturated heterocycles. The maximum absolute atomic E-state index is 6.04. The fraction of sp³-hybridized carbons (Fsp3) is 0.0357. The molecule has 0 aliphatic rings. The molecule has 0 aliphatic carbocycles. The lowest BCUT2D eigenvalue weighted by atomic mass is 10.0. The first-order valence-corrected chi connectivity index (χ1v) is 10.5. The fourth-order valence-corrected chi connectivity index (χ4v) is 3.49. The number of ether oxygens (including phenoxy) is 1. The van der Waals surface area contributed by atoms with E-state index in [2.05, 4.69) is 46.4 Å². The molecule has 3 heterocycles. The topological polar surface area (TPSA) is 47.9 Å². The molecule has 5 aromatic rings. The van der Waals surface area contributed by atoms with E-state index in [1.807, 2.05) is 66.7 Å². The number of aromatic nitrogens is 3. The Labute approximate surface area is 187 Å². The van der Waals surface area contributed by atoms with E-state index >= 15 is 0 Å². The van der Waals surface area contributed by atoms with Crippen LogP contribution in [0.1, 0.15) is 5.56 Å². The third-order valence-electron chi connectivity index (χ3n) is 5.10. The van der Waals surface area contributed by atoms with Crippen LogP contribution < -0.4 is 4.74 Å². The lowest BCUT2D eigenvalue weighted by molar-refractivity contribution is 0.306. The third kappa shape index (κ3) is 4.55. The van der Waals surface area contributed by atoms with Gasteiger partial charge in [0, 0.05) is 12.4 Å². The summed E-state index contributed by atoms with van der Waals surface area (Å²) < 4.78 is 6.04. The normalized spacial score (nSPS) is 10.6. The van der Waals surface area contributed by atoms with Crippen LogP contribution in [0.5, 0.6) is 5.75 Å². The molecule has 0 N–H and O–H groups in total. The number of hydrogen-bond acceptors (Lipinski definition) is 4. The van der Waals surface area contributed by atoms with Crippen molar-refractivity contribution in [2.24, 2.45) is 0 Å². The zero-order valence-corrected chi connectivity index (χ0v) is 17.4. The van der Waals surface area contributed by atoms with Crippen molar-refractivity contribution in [2.45, 2.75) is 6.61 Å². The molecule has 3 aromatic heterocycles. The van der Waals surface area contributed by atoms with Crippen molar-refractivity contribution < 1.29 is 4.74 Å². The first kappa shape index (κ1) is 19.6. The van der Waals surface area contributed by atoms with Gasteiger partial charge >= 0.3 is 0 Å². The average molecular weight is 415 g/mol. The van der Waals surface area contributed by atoms with Gasteiger partial charge in [0.1, 0.15) is 12.4 Å². The number of nitrogens with zero attached hydrogens (tertiary/aromatic N) is 3. The van der Waals surface area contributed by atoms with Crippen LogP contribution in [-0.2, 0) is 6.61 Å². The first-order chi connectivity index (χ1) is 15.8. The van der Waals surface area contributed by atoms with Gasteiger partial charge in [-0.2, -0.15) is 0 Å². The summed E-state index contributed by atoms with van der Waals surface area (Å²) in [5, 5.41) is 0. The van der Waals surface area contributed by atoms with Gasteiger partial charge in [-0.05, 0) is 65.2 Å². The second-order valence-electron chi connectivity index (χ2n) is 7.36. The molecule has 0 spiro atoms. The summed E-state index contributed by atoms with van der Waals surface area (Å²) in [4.78, 5) is 13.8. The van der Waals surface area contributed by atoms with Crippen molar-refractivity contribution in [1.29, 1.82) is 0 Å². The van der Waals surface area contributed by atoms with E-state index in [4.69, 9.17) is 9.72 Å². The Morgan fingerprint density at radius 1 is 0.531 bits per heavy atom. The molecule has 0 bridgehead atoms. The van der Waals surface area contributed by atoms with E-state index in [0.29, 0.717) is 6.61 Å². The molecule has 5 rings (SSSR count). The van der Waals surface area contributed by atoms with Gasteiger partial charge in [0.15, 0.2) is 0 Å². The summed E-state index contributed by atoms with van der Waals surface area (Å²) in [5.41, 5.74) is 6.47. The lowest BCUT2D eigenvalue weighted by Crippen LogP contribution is -1.96. The predicted octanol–water partition coefficient (Wildman–Crippen LogP) is 6.45. The van der Waals surface area contributed by atoms with Crippen LogP contribution in [0.2, 0.25) is 0 Å². The van der Waals surface area contributed by atoms with Gasteiger partial charge in [0.2, 0.25) is 0 Å². The van der Waals surface area contributed by atoms with E-state index in [9.17, 15) is 0 Å². The second-order valence-corrected chi connectivity index (χ2v) is 7.36. The van der Waals surface area contributed by atoms with Gasteiger partial charge < -0.3 is 4.74 Å². The molecular weight excluding hydrogens is 394 g/mol. The molecule has 0 amide bonds. The smallest absolute Gasteiger partial charge is 0.120 e. The summed E-state index contributed by atoms with van der Waals surface area (Å²) in [6.45, 7) is 0.527. The quantitative estimate of drug-likeness (QED) is 0.320. The van der Waals surface area contributed by atoms with E-state index in [0.717, 1.165) is 45.2 Å². The van der Waals surface area contributed by atoms with Crippen LogP contribution in [0.4, 0.5) is 0 Å². The molecule has 0 atom stereocenters. The fourth-order valence-electron chi connectivity index (χ4n) is 3.49. The number of benzene rings is 2. The van der Waals surface area contributed by atoms with Crippen LogP contribution in [0.3, 0.4) is 0 Å². The minimum absolute atomic E-state index is 0.527. The van der Waals surface area contributed by atoms with Crippen LogP contribution in [0.25, 0.3) is 33.9 Å². The molecule has 0 aliphatic heterocycles.